The number of carbonyl (C=O) groups excluding carboxylic acids is 1. The first kappa shape index (κ1) is 23.5. The molecule has 1 atom stereocenters. The molecule has 0 spiro atoms. The van der Waals surface area contributed by atoms with Crippen molar-refractivity contribution in [3.63, 3.8) is 0 Å². The first-order chi connectivity index (χ1) is 13.8. The van der Waals surface area contributed by atoms with Gasteiger partial charge in [-0.25, -0.2) is 4.79 Å². The van der Waals surface area contributed by atoms with Crippen LogP contribution >= 0.6 is 0 Å². The summed E-state index contributed by atoms with van der Waals surface area (Å²) in [5.74, 6) is 0. The van der Waals surface area contributed by atoms with E-state index in [0.29, 0.717) is 12.8 Å². The monoisotopic (exact) mass is 401 g/mol. The Hall–Kier alpha value is -1.81. The van der Waals surface area contributed by atoms with Crippen LogP contribution in [0.15, 0.2) is 30.3 Å². The maximum absolute atomic E-state index is 12.2. The molecule has 0 bridgehead atoms. The van der Waals surface area contributed by atoms with Gasteiger partial charge in [-0.1, -0.05) is 69.4 Å². The second-order valence-corrected chi connectivity index (χ2v) is 9.39. The summed E-state index contributed by atoms with van der Waals surface area (Å²) in [5.41, 5.74) is 2.48. The van der Waals surface area contributed by atoms with Crippen molar-refractivity contribution >= 4 is 11.7 Å². The highest BCUT2D eigenvalue weighted by molar-refractivity contribution is 5.73. The molecule has 2 rings (SSSR count). The van der Waals surface area contributed by atoms with Crippen LogP contribution in [0.4, 0.5) is 4.79 Å². The van der Waals surface area contributed by atoms with E-state index in [-0.39, 0.29) is 6.61 Å². The van der Waals surface area contributed by atoms with Gasteiger partial charge in [-0.05, 0) is 63.2 Å². The Morgan fingerprint density at radius 2 is 1.76 bits per heavy atom. The molecule has 0 radical (unpaired) electrons. The molecule has 29 heavy (non-hydrogen) atoms. The van der Waals surface area contributed by atoms with E-state index in [4.69, 9.17) is 4.74 Å². The Kier molecular flexibility index (Phi) is 8.76. The second kappa shape index (κ2) is 10.8. The predicted molar refractivity (Wildman–Crippen MR) is 120 cm³/mol. The molecular weight excluding hydrogens is 362 g/mol. The molecule has 4 heteroatoms. The van der Waals surface area contributed by atoms with Crippen molar-refractivity contribution in [2.75, 3.05) is 6.61 Å². The fraction of sp³-hybridized carbons (Fsp3) is 0.640. The molecule has 4 nitrogen and oxygen atoms in total. The third-order valence-corrected chi connectivity index (χ3v) is 5.48. The number of nitrogens with one attached hydrogen (secondary N) is 1. The molecule has 0 saturated heterocycles. The summed E-state index contributed by atoms with van der Waals surface area (Å²) in [5, 5.41) is 12.8. The molecule has 1 aromatic rings. The van der Waals surface area contributed by atoms with E-state index < -0.39 is 17.2 Å². The lowest BCUT2D eigenvalue weighted by Gasteiger charge is -2.30. The van der Waals surface area contributed by atoms with E-state index in [1.165, 1.54) is 49.7 Å². The number of hydrogen-bond donors (Lipinski definition) is 2. The summed E-state index contributed by atoms with van der Waals surface area (Å²) in [6.45, 7) is 7.65. The van der Waals surface area contributed by atoms with Crippen LogP contribution in [-0.4, -0.2) is 28.9 Å². The lowest BCUT2D eigenvalue weighted by Crippen LogP contribution is -2.51. The predicted octanol–water partition coefficient (Wildman–Crippen LogP) is 6.02. The Morgan fingerprint density at radius 3 is 2.38 bits per heavy atom. The highest BCUT2D eigenvalue weighted by Crippen LogP contribution is 2.35. The molecule has 0 aromatic heterocycles. The Morgan fingerprint density at radius 1 is 1.10 bits per heavy atom. The van der Waals surface area contributed by atoms with Crippen LogP contribution < -0.4 is 5.32 Å². The van der Waals surface area contributed by atoms with Crippen molar-refractivity contribution in [2.24, 2.45) is 0 Å². The number of hydrogen-bond acceptors (Lipinski definition) is 3. The van der Waals surface area contributed by atoms with Gasteiger partial charge in [0, 0.05) is 0 Å². The molecule has 0 fully saturated rings. The number of rotatable bonds is 10. The smallest absolute Gasteiger partial charge is 0.408 e. The van der Waals surface area contributed by atoms with Gasteiger partial charge in [-0.15, -0.1) is 0 Å². The Labute approximate surface area is 176 Å². The minimum absolute atomic E-state index is 0.109. The van der Waals surface area contributed by atoms with Gasteiger partial charge in [-0.3, -0.25) is 0 Å². The first-order valence-electron chi connectivity index (χ1n) is 11.2. The van der Waals surface area contributed by atoms with Crippen molar-refractivity contribution in [3.05, 3.63) is 41.5 Å². The lowest BCUT2D eigenvalue weighted by atomic mass is 9.93. The highest BCUT2D eigenvalue weighted by Gasteiger charge is 2.37. The summed E-state index contributed by atoms with van der Waals surface area (Å²) < 4.78 is 5.37. The van der Waals surface area contributed by atoms with Crippen molar-refractivity contribution in [1.82, 2.24) is 5.32 Å². The van der Waals surface area contributed by atoms with Crippen LogP contribution in [0.3, 0.4) is 0 Å². The average molecular weight is 402 g/mol. The molecular formula is C25H39NO3. The third-order valence-electron chi connectivity index (χ3n) is 5.48. The number of unbranched alkanes of at least 4 members (excludes halogenated alkanes) is 5. The molecule has 1 amide bonds. The van der Waals surface area contributed by atoms with Crippen molar-refractivity contribution in [2.45, 2.75) is 96.6 Å². The van der Waals surface area contributed by atoms with Crippen LogP contribution in [0.2, 0.25) is 0 Å². The van der Waals surface area contributed by atoms with Crippen molar-refractivity contribution in [3.8, 4) is 0 Å². The number of aryl methyl sites for hydroxylation is 1. The molecule has 1 aliphatic rings. The minimum Gasteiger partial charge on any atom is -0.444 e. The zero-order valence-corrected chi connectivity index (χ0v) is 18.7. The van der Waals surface area contributed by atoms with Gasteiger partial charge in [0.1, 0.15) is 5.60 Å². The number of alkyl carbamates (subject to hydrolysis) is 1. The zero-order valence-electron chi connectivity index (χ0n) is 18.7. The number of carbonyl (C=O) groups is 1. The van der Waals surface area contributed by atoms with Gasteiger partial charge in [0.15, 0.2) is 0 Å². The van der Waals surface area contributed by atoms with Crippen LogP contribution in [0, 0.1) is 0 Å². The van der Waals surface area contributed by atoms with Gasteiger partial charge >= 0.3 is 6.09 Å². The second-order valence-electron chi connectivity index (χ2n) is 9.39. The van der Waals surface area contributed by atoms with E-state index in [9.17, 15) is 9.90 Å². The number of benzene rings is 1. The Bertz CT molecular complexity index is 672. The number of amides is 1. The number of ether oxygens (including phenoxy) is 1. The standard InChI is InChI=1S/C25H39NO3/c1-5-6-7-8-9-10-11-20-12-14-21(15-13-20)22-16-17-25(18-22,19-27)26-23(28)29-24(2,3)4/h12-16,27H,5-11,17-19H2,1-4H3,(H,26,28)/t25-/m1/s1. The number of aliphatic hydroxyl groups is 1. The third kappa shape index (κ3) is 7.85. The fourth-order valence-corrected chi connectivity index (χ4v) is 3.82. The van der Waals surface area contributed by atoms with E-state index >= 15 is 0 Å². The van der Waals surface area contributed by atoms with Crippen molar-refractivity contribution < 1.29 is 14.6 Å². The normalized spacial score (nSPS) is 19.1. The van der Waals surface area contributed by atoms with Crippen LogP contribution in [0.25, 0.3) is 5.57 Å². The lowest BCUT2D eigenvalue weighted by molar-refractivity contribution is 0.0410. The van der Waals surface area contributed by atoms with Gasteiger partial charge < -0.3 is 15.2 Å². The van der Waals surface area contributed by atoms with Crippen LogP contribution in [-0.2, 0) is 11.2 Å². The summed E-state index contributed by atoms with van der Waals surface area (Å²) in [7, 11) is 0. The molecule has 0 heterocycles. The van der Waals surface area contributed by atoms with E-state index in [1.807, 2.05) is 20.8 Å². The largest absolute Gasteiger partial charge is 0.444 e. The van der Waals surface area contributed by atoms with E-state index in [2.05, 4.69) is 42.6 Å². The van der Waals surface area contributed by atoms with Gasteiger partial charge in [-0.2, -0.15) is 0 Å². The molecule has 0 aliphatic heterocycles. The average Bonchev–Trinajstić information content (AvgIpc) is 3.08. The van der Waals surface area contributed by atoms with Crippen LogP contribution in [0.5, 0.6) is 0 Å². The fourth-order valence-electron chi connectivity index (χ4n) is 3.82. The molecule has 1 aromatic carbocycles. The summed E-state index contributed by atoms with van der Waals surface area (Å²) in [4.78, 5) is 12.2. The highest BCUT2D eigenvalue weighted by atomic mass is 16.6. The van der Waals surface area contributed by atoms with Crippen molar-refractivity contribution in [1.29, 1.82) is 0 Å². The first-order valence-corrected chi connectivity index (χ1v) is 11.2. The van der Waals surface area contributed by atoms with Crippen LogP contribution in [0.1, 0.15) is 90.2 Å². The van der Waals surface area contributed by atoms with E-state index in [1.54, 1.807) is 0 Å². The summed E-state index contributed by atoms with van der Waals surface area (Å²) >= 11 is 0. The SMILES string of the molecule is CCCCCCCCc1ccc(C2=CC[C@@](CO)(NC(=O)OC(C)(C)C)C2)cc1. The van der Waals surface area contributed by atoms with Gasteiger partial charge in [0.25, 0.3) is 0 Å². The quantitative estimate of drug-likeness (QED) is 0.471. The van der Waals surface area contributed by atoms with E-state index in [0.717, 1.165) is 12.0 Å². The summed E-state index contributed by atoms with van der Waals surface area (Å²) in [6.07, 6.45) is 11.9. The Balaban J connectivity index is 1.86. The summed E-state index contributed by atoms with van der Waals surface area (Å²) in [6, 6.07) is 8.75. The molecule has 0 unspecified atom stereocenters. The minimum atomic E-state index is -0.672. The maximum Gasteiger partial charge on any atom is 0.408 e. The van der Waals surface area contributed by atoms with Gasteiger partial charge in [0.05, 0.1) is 12.1 Å². The topological polar surface area (TPSA) is 58.6 Å². The zero-order chi connectivity index (χ0) is 21.3. The van der Waals surface area contributed by atoms with Gasteiger partial charge in [0.2, 0.25) is 0 Å². The molecule has 162 valence electrons. The number of aliphatic hydroxyl groups excluding tert-OH is 1. The molecule has 2 N–H and O–H groups in total. The molecule has 0 saturated carbocycles. The molecule has 1 aliphatic carbocycles. The maximum atomic E-state index is 12.2.